The number of hydrogen-bond donors (Lipinski definition) is 0. The second-order valence-electron chi connectivity index (χ2n) is 10.5. The van der Waals surface area contributed by atoms with Gasteiger partial charge in [0.2, 0.25) is 0 Å². The Balaban J connectivity index is 1.08. The number of nitrogens with zero attached hydrogens (tertiary/aromatic N) is 6. The Morgan fingerprint density at radius 3 is 2.24 bits per heavy atom. The van der Waals surface area contributed by atoms with Crippen molar-refractivity contribution in [3.05, 3.63) is 53.8 Å². The molecule has 3 heterocycles. The highest BCUT2D eigenvalue weighted by Gasteiger charge is 2.28. The van der Waals surface area contributed by atoms with E-state index in [9.17, 15) is 4.39 Å². The fourth-order valence-corrected chi connectivity index (χ4v) is 5.45. The SMILES string of the molecule is CC(C)N1CCN(C(CN2CCN(CCCOc3ccc4nonc4c3)CC2)c2ccc(F)cc2)CC1. The lowest BCUT2D eigenvalue weighted by Crippen LogP contribution is -2.53. The van der Waals surface area contributed by atoms with E-state index in [0.717, 1.165) is 88.7 Å². The molecule has 1 atom stereocenters. The molecule has 5 rings (SSSR count). The Morgan fingerprint density at radius 1 is 0.838 bits per heavy atom. The van der Waals surface area contributed by atoms with Crippen LogP contribution in [0.2, 0.25) is 0 Å². The van der Waals surface area contributed by atoms with Gasteiger partial charge in [0.1, 0.15) is 22.6 Å². The first-order chi connectivity index (χ1) is 18.0. The number of ether oxygens (including phenoxy) is 1. The molecule has 0 amide bonds. The summed E-state index contributed by atoms with van der Waals surface area (Å²) in [6, 6.07) is 13.7. The molecule has 3 aromatic rings. The minimum Gasteiger partial charge on any atom is -0.493 e. The van der Waals surface area contributed by atoms with E-state index in [-0.39, 0.29) is 5.82 Å². The minimum atomic E-state index is -0.166. The molecule has 1 aromatic heterocycles. The van der Waals surface area contributed by atoms with Gasteiger partial charge in [-0.15, -0.1) is 0 Å². The van der Waals surface area contributed by atoms with Crippen LogP contribution in [0, 0.1) is 5.82 Å². The highest BCUT2D eigenvalue weighted by molar-refractivity contribution is 5.74. The topological polar surface area (TPSA) is 61.1 Å². The van der Waals surface area contributed by atoms with E-state index in [4.69, 9.17) is 9.37 Å². The lowest BCUT2D eigenvalue weighted by molar-refractivity contribution is 0.0476. The predicted molar refractivity (Wildman–Crippen MR) is 142 cm³/mol. The van der Waals surface area contributed by atoms with E-state index in [1.807, 2.05) is 30.3 Å². The molecule has 2 aliphatic heterocycles. The molecule has 0 saturated carbocycles. The van der Waals surface area contributed by atoms with E-state index in [1.165, 1.54) is 5.56 Å². The fourth-order valence-electron chi connectivity index (χ4n) is 5.45. The molecule has 2 aliphatic rings. The monoisotopic (exact) mass is 510 g/mol. The van der Waals surface area contributed by atoms with Gasteiger partial charge >= 0.3 is 0 Å². The Hall–Kier alpha value is -2.59. The predicted octanol–water partition coefficient (Wildman–Crippen LogP) is 3.52. The zero-order chi connectivity index (χ0) is 25.6. The van der Waals surface area contributed by atoms with Crippen LogP contribution in [0.1, 0.15) is 31.9 Å². The van der Waals surface area contributed by atoms with Crippen LogP contribution in [0.15, 0.2) is 47.1 Å². The third-order valence-electron chi connectivity index (χ3n) is 7.78. The molecule has 2 aromatic carbocycles. The number of hydrogen-bond acceptors (Lipinski definition) is 8. The number of fused-ring (bicyclic) bond motifs is 1. The van der Waals surface area contributed by atoms with Crippen molar-refractivity contribution < 1.29 is 13.8 Å². The molecule has 1 unspecified atom stereocenters. The molecule has 8 nitrogen and oxygen atoms in total. The maximum atomic E-state index is 13.7. The van der Waals surface area contributed by atoms with Gasteiger partial charge in [-0.2, -0.15) is 0 Å². The van der Waals surface area contributed by atoms with Crippen molar-refractivity contribution in [3.8, 4) is 5.75 Å². The van der Waals surface area contributed by atoms with Gasteiger partial charge in [-0.1, -0.05) is 12.1 Å². The Kier molecular flexibility index (Phi) is 8.66. The molecule has 0 N–H and O–H groups in total. The first-order valence-electron chi connectivity index (χ1n) is 13.6. The van der Waals surface area contributed by atoms with Crippen LogP contribution in [0.4, 0.5) is 4.39 Å². The minimum absolute atomic E-state index is 0.166. The van der Waals surface area contributed by atoms with Gasteiger partial charge in [0, 0.05) is 83.6 Å². The first kappa shape index (κ1) is 26.0. The zero-order valence-corrected chi connectivity index (χ0v) is 22.1. The maximum absolute atomic E-state index is 13.7. The van der Waals surface area contributed by atoms with Gasteiger partial charge in [0.15, 0.2) is 0 Å². The average Bonchev–Trinajstić information content (AvgIpc) is 3.39. The summed E-state index contributed by atoms with van der Waals surface area (Å²) in [5.74, 6) is 0.634. The molecule has 2 fully saturated rings. The van der Waals surface area contributed by atoms with E-state index >= 15 is 0 Å². The molecular formula is C28H39FN6O2. The highest BCUT2D eigenvalue weighted by atomic mass is 19.1. The molecule has 9 heteroatoms. The van der Waals surface area contributed by atoms with E-state index < -0.39 is 0 Å². The second kappa shape index (κ2) is 12.3. The normalized spacial score (nSPS) is 19.6. The number of benzene rings is 2. The van der Waals surface area contributed by atoms with Crippen LogP contribution < -0.4 is 4.74 Å². The zero-order valence-electron chi connectivity index (χ0n) is 22.1. The Morgan fingerprint density at radius 2 is 1.51 bits per heavy atom. The number of piperazine rings is 2. The van der Waals surface area contributed by atoms with Crippen LogP contribution in [0.3, 0.4) is 0 Å². The molecule has 0 spiro atoms. The van der Waals surface area contributed by atoms with Gasteiger partial charge in [0.25, 0.3) is 0 Å². The largest absolute Gasteiger partial charge is 0.493 e. The number of aromatic nitrogens is 2. The van der Waals surface area contributed by atoms with E-state index in [0.29, 0.717) is 18.7 Å². The smallest absolute Gasteiger partial charge is 0.138 e. The molecule has 0 bridgehead atoms. The quantitative estimate of drug-likeness (QED) is 0.384. The lowest BCUT2D eigenvalue weighted by Gasteiger charge is -2.43. The summed E-state index contributed by atoms with van der Waals surface area (Å²) in [4.78, 5) is 10.3. The Labute approximate surface area is 218 Å². The molecule has 0 aliphatic carbocycles. The summed E-state index contributed by atoms with van der Waals surface area (Å²) in [5, 5.41) is 7.70. The van der Waals surface area contributed by atoms with Crippen LogP contribution in [0.25, 0.3) is 11.0 Å². The summed E-state index contributed by atoms with van der Waals surface area (Å²) in [5.41, 5.74) is 2.68. The Bertz CT molecular complexity index is 1110. The summed E-state index contributed by atoms with van der Waals surface area (Å²) in [6.45, 7) is 15.8. The van der Waals surface area contributed by atoms with Crippen molar-refractivity contribution in [1.29, 1.82) is 0 Å². The van der Waals surface area contributed by atoms with Crippen LogP contribution in [-0.2, 0) is 0 Å². The second-order valence-corrected chi connectivity index (χ2v) is 10.5. The first-order valence-corrected chi connectivity index (χ1v) is 13.6. The molecule has 200 valence electrons. The summed E-state index contributed by atoms with van der Waals surface area (Å²) >= 11 is 0. The van der Waals surface area contributed by atoms with Crippen molar-refractivity contribution in [1.82, 2.24) is 29.9 Å². The average molecular weight is 511 g/mol. The standard InChI is InChI=1S/C28H39FN6O2/c1-22(2)34-15-17-35(18-16-34)28(23-4-6-24(29)7-5-23)21-33-13-11-32(12-14-33)10-3-19-36-25-8-9-26-27(20-25)31-37-30-26/h4-9,20,22,28H,3,10-19,21H2,1-2H3. The molecule has 2 saturated heterocycles. The van der Waals surface area contributed by atoms with Gasteiger partial charge in [-0.25, -0.2) is 9.02 Å². The third kappa shape index (κ3) is 6.84. The molecule has 37 heavy (non-hydrogen) atoms. The number of halogens is 1. The molecule has 0 radical (unpaired) electrons. The maximum Gasteiger partial charge on any atom is 0.138 e. The van der Waals surface area contributed by atoms with Crippen molar-refractivity contribution in [2.75, 3.05) is 72.1 Å². The van der Waals surface area contributed by atoms with Crippen LogP contribution >= 0.6 is 0 Å². The van der Waals surface area contributed by atoms with Crippen molar-refractivity contribution >= 4 is 11.0 Å². The van der Waals surface area contributed by atoms with Crippen LogP contribution in [0.5, 0.6) is 5.75 Å². The van der Waals surface area contributed by atoms with Crippen molar-refractivity contribution in [3.63, 3.8) is 0 Å². The summed E-state index contributed by atoms with van der Waals surface area (Å²) in [6.07, 6.45) is 0.980. The molecular weight excluding hydrogens is 471 g/mol. The fraction of sp³-hybridized carbons (Fsp3) is 0.571. The highest BCUT2D eigenvalue weighted by Crippen LogP contribution is 2.25. The van der Waals surface area contributed by atoms with Gasteiger partial charge in [-0.05, 0) is 60.4 Å². The summed E-state index contributed by atoms with van der Waals surface area (Å²) < 4.78 is 24.3. The van der Waals surface area contributed by atoms with E-state index in [1.54, 1.807) is 12.1 Å². The van der Waals surface area contributed by atoms with Crippen LogP contribution in [-0.4, -0.2) is 108 Å². The lowest BCUT2D eigenvalue weighted by atomic mass is 10.0. The van der Waals surface area contributed by atoms with Gasteiger partial charge in [-0.3, -0.25) is 14.7 Å². The van der Waals surface area contributed by atoms with Crippen molar-refractivity contribution in [2.45, 2.75) is 32.4 Å². The van der Waals surface area contributed by atoms with Crippen molar-refractivity contribution in [2.24, 2.45) is 0 Å². The summed E-state index contributed by atoms with van der Waals surface area (Å²) in [7, 11) is 0. The third-order valence-corrected chi connectivity index (χ3v) is 7.78. The number of rotatable bonds is 10. The van der Waals surface area contributed by atoms with Gasteiger partial charge in [0.05, 0.1) is 6.61 Å². The van der Waals surface area contributed by atoms with E-state index in [2.05, 4.69) is 43.8 Å². The van der Waals surface area contributed by atoms with Gasteiger partial charge < -0.3 is 9.64 Å².